The van der Waals surface area contributed by atoms with Crippen LogP contribution in [0, 0.1) is 6.92 Å². The Morgan fingerprint density at radius 3 is 2.85 bits per heavy atom. The molecule has 0 unspecified atom stereocenters. The maximum Gasteiger partial charge on any atom is 0.252 e. The Labute approximate surface area is 201 Å². The number of fused-ring (bicyclic) bond motifs is 1. The standard InChI is InChI=1S/C26H38N6O2/c1-6-10-22(24-28-29-30-32(24)26(4,5)7-2)31(17-21-13-9-14-34-21)16-20-15-19-12-8-11-18(3)23(19)27-25(20)33/h8,11-12,15,21-22H,6-7,9-10,13-14,16-17H2,1-5H3,(H,27,33)/t21-,22-/m1/s1. The number of ether oxygens (including phenoxy) is 1. The highest BCUT2D eigenvalue weighted by Crippen LogP contribution is 2.31. The van der Waals surface area contributed by atoms with Gasteiger partial charge >= 0.3 is 0 Å². The molecule has 0 radical (unpaired) electrons. The largest absolute Gasteiger partial charge is 0.377 e. The number of aryl methyl sites for hydroxylation is 1. The number of aromatic amines is 1. The van der Waals surface area contributed by atoms with E-state index in [0.717, 1.165) is 73.1 Å². The SMILES string of the molecule is CCC[C@H](c1nnnn1C(C)(C)CC)N(Cc1cc2cccc(C)c2[nH]c1=O)C[C@H]1CCCO1. The van der Waals surface area contributed by atoms with Crippen LogP contribution in [0.3, 0.4) is 0 Å². The quantitative estimate of drug-likeness (QED) is 0.474. The molecule has 0 saturated carbocycles. The summed E-state index contributed by atoms with van der Waals surface area (Å²) in [4.78, 5) is 18.6. The Hall–Kier alpha value is -2.58. The van der Waals surface area contributed by atoms with Crippen LogP contribution in [-0.4, -0.2) is 49.3 Å². The van der Waals surface area contributed by atoms with Crippen molar-refractivity contribution in [2.75, 3.05) is 13.2 Å². The van der Waals surface area contributed by atoms with Gasteiger partial charge in [-0.15, -0.1) is 5.10 Å². The lowest BCUT2D eigenvalue weighted by Crippen LogP contribution is -2.39. The first kappa shape index (κ1) is 24.5. The van der Waals surface area contributed by atoms with Gasteiger partial charge in [0.2, 0.25) is 0 Å². The van der Waals surface area contributed by atoms with Gasteiger partial charge in [0.15, 0.2) is 5.82 Å². The van der Waals surface area contributed by atoms with Crippen molar-refractivity contribution in [3.05, 3.63) is 51.6 Å². The summed E-state index contributed by atoms with van der Waals surface area (Å²) in [6.45, 7) is 12.7. The molecule has 0 spiro atoms. The van der Waals surface area contributed by atoms with Crippen molar-refractivity contribution >= 4 is 10.9 Å². The van der Waals surface area contributed by atoms with Gasteiger partial charge in [-0.1, -0.05) is 38.5 Å². The van der Waals surface area contributed by atoms with E-state index >= 15 is 0 Å². The molecule has 184 valence electrons. The van der Waals surface area contributed by atoms with Crippen LogP contribution in [0.1, 0.15) is 82.8 Å². The Bertz CT molecular complexity index is 1160. The fraction of sp³-hybridized carbons (Fsp3) is 0.615. The molecular formula is C26H38N6O2. The summed E-state index contributed by atoms with van der Waals surface area (Å²) >= 11 is 0. The van der Waals surface area contributed by atoms with Crippen molar-refractivity contribution in [3.63, 3.8) is 0 Å². The number of tetrazole rings is 1. The third-order valence-electron chi connectivity index (χ3n) is 7.23. The van der Waals surface area contributed by atoms with Crippen LogP contribution in [0.25, 0.3) is 10.9 Å². The van der Waals surface area contributed by atoms with E-state index in [9.17, 15) is 4.79 Å². The highest BCUT2D eigenvalue weighted by molar-refractivity contribution is 5.81. The van der Waals surface area contributed by atoms with Gasteiger partial charge in [-0.05, 0) is 73.9 Å². The van der Waals surface area contributed by atoms with Crippen molar-refractivity contribution < 1.29 is 4.74 Å². The highest BCUT2D eigenvalue weighted by Gasteiger charge is 2.33. The zero-order valence-electron chi connectivity index (χ0n) is 21.2. The molecule has 3 heterocycles. The second-order valence-corrected chi connectivity index (χ2v) is 10.1. The lowest BCUT2D eigenvalue weighted by atomic mass is 10.00. The molecule has 34 heavy (non-hydrogen) atoms. The number of hydrogen-bond acceptors (Lipinski definition) is 6. The molecule has 0 aliphatic carbocycles. The van der Waals surface area contributed by atoms with Gasteiger partial charge in [0, 0.05) is 25.3 Å². The van der Waals surface area contributed by atoms with Gasteiger partial charge < -0.3 is 9.72 Å². The van der Waals surface area contributed by atoms with E-state index in [0.29, 0.717) is 6.54 Å². The fourth-order valence-electron chi connectivity index (χ4n) is 4.85. The van der Waals surface area contributed by atoms with Crippen molar-refractivity contribution in [1.82, 2.24) is 30.1 Å². The predicted molar refractivity (Wildman–Crippen MR) is 134 cm³/mol. The Morgan fingerprint density at radius 2 is 2.15 bits per heavy atom. The second-order valence-electron chi connectivity index (χ2n) is 10.1. The normalized spacial score (nSPS) is 17.6. The third-order valence-corrected chi connectivity index (χ3v) is 7.23. The number of nitrogens with one attached hydrogen (secondary N) is 1. The average Bonchev–Trinajstić information content (AvgIpc) is 3.51. The summed E-state index contributed by atoms with van der Waals surface area (Å²) in [5, 5.41) is 14.0. The minimum Gasteiger partial charge on any atom is -0.377 e. The summed E-state index contributed by atoms with van der Waals surface area (Å²) in [7, 11) is 0. The molecule has 0 amide bonds. The monoisotopic (exact) mass is 466 g/mol. The van der Waals surface area contributed by atoms with E-state index in [1.807, 2.05) is 29.8 Å². The number of hydrogen-bond donors (Lipinski definition) is 1. The molecule has 1 N–H and O–H groups in total. The zero-order valence-corrected chi connectivity index (χ0v) is 21.2. The van der Waals surface area contributed by atoms with Crippen molar-refractivity contribution in [2.24, 2.45) is 0 Å². The van der Waals surface area contributed by atoms with Gasteiger partial charge in [0.05, 0.1) is 23.2 Å². The third kappa shape index (κ3) is 5.08. The Morgan fingerprint density at radius 1 is 1.32 bits per heavy atom. The van der Waals surface area contributed by atoms with E-state index < -0.39 is 0 Å². The van der Waals surface area contributed by atoms with E-state index in [1.165, 1.54) is 0 Å². The topological polar surface area (TPSA) is 88.9 Å². The zero-order chi connectivity index (χ0) is 24.3. The van der Waals surface area contributed by atoms with E-state index in [2.05, 4.69) is 59.2 Å². The number of benzene rings is 1. The molecule has 1 aliphatic heterocycles. The van der Waals surface area contributed by atoms with Gasteiger partial charge in [-0.2, -0.15) is 0 Å². The minimum absolute atomic E-state index is 0.0115. The number of para-hydroxylation sites is 1. The van der Waals surface area contributed by atoms with Crippen LogP contribution in [-0.2, 0) is 16.8 Å². The summed E-state index contributed by atoms with van der Waals surface area (Å²) in [6.07, 6.45) is 5.07. The maximum atomic E-state index is 13.1. The molecule has 1 fully saturated rings. The van der Waals surface area contributed by atoms with Gasteiger partial charge in [0.25, 0.3) is 5.56 Å². The molecule has 8 nitrogen and oxygen atoms in total. The van der Waals surface area contributed by atoms with E-state index in [1.54, 1.807) is 0 Å². The number of nitrogens with zero attached hydrogens (tertiary/aromatic N) is 5. The molecule has 3 aromatic rings. The summed E-state index contributed by atoms with van der Waals surface area (Å²) in [5.41, 5.74) is 2.50. The molecule has 0 bridgehead atoms. The number of rotatable bonds is 10. The van der Waals surface area contributed by atoms with E-state index in [4.69, 9.17) is 4.74 Å². The van der Waals surface area contributed by atoms with Crippen LogP contribution in [0.4, 0.5) is 0 Å². The number of aromatic nitrogens is 5. The van der Waals surface area contributed by atoms with Crippen molar-refractivity contribution in [3.8, 4) is 0 Å². The average molecular weight is 467 g/mol. The van der Waals surface area contributed by atoms with Gasteiger partial charge in [-0.25, -0.2) is 4.68 Å². The maximum absolute atomic E-state index is 13.1. The van der Waals surface area contributed by atoms with Crippen LogP contribution in [0.5, 0.6) is 0 Å². The van der Waals surface area contributed by atoms with Crippen LogP contribution in [0.15, 0.2) is 29.1 Å². The first-order chi connectivity index (χ1) is 16.3. The first-order valence-electron chi connectivity index (χ1n) is 12.6. The molecule has 4 rings (SSSR count). The lowest BCUT2D eigenvalue weighted by molar-refractivity contribution is 0.0462. The molecular weight excluding hydrogens is 428 g/mol. The summed E-state index contributed by atoms with van der Waals surface area (Å²) in [6, 6.07) is 8.13. The molecule has 1 aromatic carbocycles. The summed E-state index contributed by atoms with van der Waals surface area (Å²) < 4.78 is 7.99. The Balaban J connectivity index is 1.74. The highest BCUT2D eigenvalue weighted by atomic mass is 16.5. The molecule has 1 saturated heterocycles. The first-order valence-corrected chi connectivity index (χ1v) is 12.6. The number of pyridine rings is 1. The van der Waals surface area contributed by atoms with Crippen molar-refractivity contribution in [2.45, 2.75) is 91.0 Å². The second kappa shape index (κ2) is 10.4. The molecule has 8 heteroatoms. The van der Waals surface area contributed by atoms with Crippen LogP contribution < -0.4 is 5.56 Å². The van der Waals surface area contributed by atoms with Gasteiger partial charge in [0.1, 0.15) is 0 Å². The van der Waals surface area contributed by atoms with Crippen molar-refractivity contribution in [1.29, 1.82) is 0 Å². The fourth-order valence-corrected chi connectivity index (χ4v) is 4.85. The molecule has 2 atom stereocenters. The van der Waals surface area contributed by atoms with E-state index in [-0.39, 0.29) is 23.2 Å². The minimum atomic E-state index is -0.196. The predicted octanol–water partition coefficient (Wildman–Crippen LogP) is 4.49. The van der Waals surface area contributed by atoms with Crippen LogP contribution in [0.2, 0.25) is 0 Å². The smallest absolute Gasteiger partial charge is 0.252 e. The number of H-pyrrole nitrogens is 1. The van der Waals surface area contributed by atoms with Crippen LogP contribution >= 0.6 is 0 Å². The van der Waals surface area contributed by atoms with Gasteiger partial charge in [-0.3, -0.25) is 9.69 Å². The lowest BCUT2D eigenvalue weighted by Gasteiger charge is -2.34. The summed E-state index contributed by atoms with van der Waals surface area (Å²) in [5.74, 6) is 0.861. The Kier molecular flexibility index (Phi) is 7.48. The molecule has 1 aliphatic rings. The molecule has 2 aromatic heterocycles.